The van der Waals surface area contributed by atoms with E-state index in [4.69, 9.17) is 0 Å². The van der Waals surface area contributed by atoms with Gasteiger partial charge in [-0.1, -0.05) is 0 Å². The minimum atomic E-state index is -0.699. The highest BCUT2D eigenvalue weighted by atomic mass is 19.1. The molecule has 2 rings (SSSR count). The Hall–Kier alpha value is -2.38. The number of rotatable bonds is 5. The number of carbonyl (C=O) groups excluding carboxylic acids is 2. The quantitative estimate of drug-likeness (QED) is 0.863. The fraction of sp³-hybridized carbons (Fsp3) is 0.500. The molecule has 132 valence electrons. The summed E-state index contributed by atoms with van der Waals surface area (Å²) in [6, 6.07) is 1.58. The lowest BCUT2D eigenvalue weighted by Crippen LogP contribution is -2.33. The highest BCUT2D eigenvalue weighted by Crippen LogP contribution is 2.29. The number of carbonyl (C=O) groups is 2. The van der Waals surface area contributed by atoms with E-state index < -0.39 is 17.7 Å². The van der Waals surface area contributed by atoms with Crippen LogP contribution in [-0.2, 0) is 4.79 Å². The standard InChI is InChI=1S/C16H22F2N4O2/c1-21(2)14(23)5-6-19-16(24)20-11-9-12(17)15(13(18)10-11)22-7-3-4-8-22/h9-10H,3-8H2,1-2H3,(H2,19,20,24). The molecule has 2 N–H and O–H groups in total. The molecule has 6 nitrogen and oxygen atoms in total. The number of hydrogen-bond donors (Lipinski definition) is 2. The van der Waals surface area contributed by atoms with Gasteiger partial charge in [-0.2, -0.15) is 0 Å². The average molecular weight is 340 g/mol. The number of anilines is 2. The highest BCUT2D eigenvalue weighted by Gasteiger charge is 2.21. The summed E-state index contributed by atoms with van der Waals surface area (Å²) in [7, 11) is 3.24. The lowest BCUT2D eigenvalue weighted by molar-refractivity contribution is -0.128. The Morgan fingerprint density at radius 3 is 2.29 bits per heavy atom. The molecule has 0 bridgehead atoms. The Morgan fingerprint density at radius 1 is 1.17 bits per heavy atom. The summed E-state index contributed by atoms with van der Waals surface area (Å²) in [5, 5.41) is 4.84. The number of amides is 3. The largest absolute Gasteiger partial charge is 0.367 e. The number of urea groups is 1. The van der Waals surface area contributed by atoms with Crippen molar-refractivity contribution in [2.24, 2.45) is 0 Å². The second kappa shape index (κ2) is 7.94. The molecule has 1 fully saturated rings. The van der Waals surface area contributed by atoms with Crippen LogP contribution < -0.4 is 15.5 Å². The summed E-state index contributed by atoms with van der Waals surface area (Å²) in [5.74, 6) is -1.52. The molecule has 0 unspecified atom stereocenters. The smallest absolute Gasteiger partial charge is 0.319 e. The summed E-state index contributed by atoms with van der Waals surface area (Å²) in [5.41, 5.74) is -0.0144. The Balaban J connectivity index is 1.92. The van der Waals surface area contributed by atoms with Gasteiger partial charge in [0.2, 0.25) is 5.91 Å². The molecule has 1 aromatic carbocycles. The van der Waals surface area contributed by atoms with Crippen LogP contribution in [0.2, 0.25) is 0 Å². The van der Waals surface area contributed by atoms with Crippen LogP contribution in [0.25, 0.3) is 0 Å². The van der Waals surface area contributed by atoms with Crippen LogP contribution in [0.1, 0.15) is 19.3 Å². The first-order valence-corrected chi connectivity index (χ1v) is 7.87. The van der Waals surface area contributed by atoms with Gasteiger partial charge in [-0.25, -0.2) is 13.6 Å². The average Bonchev–Trinajstić information content (AvgIpc) is 3.00. The zero-order valence-electron chi connectivity index (χ0n) is 13.9. The van der Waals surface area contributed by atoms with Crippen molar-refractivity contribution in [3.8, 4) is 0 Å². The van der Waals surface area contributed by atoms with Crippen LogP contribution in [0.4, 0.5) is 25.0 Å². The summed E-state index contributed by atoms with van der Waals surface area (Å²) in [4.78, 5) is 26.2. The zero-order chi connectivity index (χ0) is 17.7. The van der Waals surface area contributed by atoms with E-state index in [9.17, 15) is 18.4 Å². The molecule has 1 aliphatic rings. The molecular weight excluding hydrogens is 318 g/mol. The van der Waals surface area contributed by atoms with Crippen LogP contribution in [0.5, 0.6) is 0 Å². The van der Waals surface area contributed by atoms with Crippen molar-refractivity contribution in [2.75, 3.05) is 43.9 Å². The highest BCUT2D eigenvalue weighted by molar-refractivity contribution is 5.89. The third-order valence-corrected chi connectivity index (χ3v) is 3.82. The zero-order valence-corrected chi connectivity index (χ0v) is 13.9. The molecule has 0 aliphatic carbocycles. The summed E-state index contributed by atoms with van der Waals surface area (Å²) >= 11 is 0. The van der Waals surface area contributed by atoms with Crippen LogP contribution in [-0.4, -0.2) is 50.6 Å². The third kappa shape index (κ3) is 4.56. The molecule has 0 aromatic heterocycles. The molecule has 24 heavy (non-hydrogen) atoms. The Morgan fingerprint density at radius 2 is 1.75 bits per heavy atom. The van der Waals surface area contributed by atoms with Crippen LogP contribution >= 0.6 is 0 Å². The lowest BCUT2D eigenvalue weighted by atomic mass is 10.2. The Labute approximate surface area is 139 Å². The number of hydrogen-bond acceptors (Lipinski definition) is 3. The number of halogens is 2. The second-order valence-corrected chi connectivity index (χ2v) is 5.90. The predicted octanol–water partition coefficient (Wildman–Crippen LogP) is 2.16. The van der Waals surface area contributed by atoms with Crippen LogP contribution in [0.3, 0.4) is 0 Å². The Bertz CT molecular complexity index is 593. The van der Waals surface area contributed by atoms with Gasteiger partial charge >= 0.3 is 6.03 Å². The van der Waals surface area contributed by atoms with Gasteiger partial charge in [0.25, 0.3) is 0 Å². The topological polar surface area (TPSA) is 64.7 Å². The van der Waals surface area contributed by atoms with Crippen molar-refractivity contribution >= 4 is 23.3 Å². The van der Waals surface area contributed by atoms with E-state index in [-0.39, 0.29) is 30.2 Å². The maximum Gasteiger partial charge on any atom is 0.319 e. The van der Waals surface area contributed by atoms with E-state index in [2.05, 4.69) is 10.6 Å². The summed E-state index contributed by atoms with van der Waals surface area (Å²) < 4.78 is 28.3. The van der Waals surface area contributed by atoms with E-state index in [0.717, 1.165) is 25.0 Å². The lowest BCUT2D eigenvalue weighted by Gasteiger charge is -2.20. The van der Waals surface area contributed by atoms with Gasteiger partial charge in [0.15, 0.2) is 11.6 Å². The molecular formula is C16H22F2N4O2. The molecule has 1 saturated heterocycles. The minimum absolute atomic E-state index is 0.0318. The number of benzene rings is 1. The van der Waals surface area contributed by atoms with Crippen molar-refractivity contribution in [1.82, 2.24) is 10.2 Å². The van der Waals surface area contributed by atoms with E-state index in [1.807, 2.05) is 0 Å². The maximum absolute atomic E-state index is 14.2. The molecule has 3 amide bonds. The first-order chi connectivity index (χ1) is 11.4. The fourth-order valence-electron chi connectivity index (χ4n) is 2.56. The number of nitrogens with zero attached hydrogens (tertiary/aromatic N) is 2. The first-order valence-electron chi connectivity index (χ1n) is 7.87. The van der Waals surface area contributed by atoms with E-state index in [1.54, 1.807) is 19.0 Å². The molecule has 0 saturated carbocycles. The monoisotopic (exact) mass is 340 g/mol. The van der Waals surface area contributed by atoms with Crippen molar-refractivity contribution in [1.29, 1.82) is 0 Å². The third-order valence-electron chi connectivity index (χ3n) is 3.82. The molecule has 1 aliphatic heterocycles. The normalized spacial score (nSPS) is 13.8. The van der Waals surface area contributed by atoms with Gasteiger partial charge in [0, 0.05) is 45.8 Å². The van der Waals surface area contributed by atoms with Gasteiger partial charge in [0.1, 0.15) is 5.69 Å². The van der Waals surface area contributed by atoms with Gasteiger partial charge in [-0.05, 0) is 25.0 Å². The van der Waals surface area contributed by atoms with Crippen molar-refractivity contribution < 1.29 is 18.4 Å². The molecule has 0 radical (unpaired) electrons. The van der Waals surface area contributed by atoms with Crippen molar-refractivity contribution in [2.45, 2.75) is 19.3 Å². The molecule has 1 heterocycles. The fourth-order valence-corrected chi connectivity index (χ4v) is 2.56. The van der Waals surface area contributed by atoms with Gasteiger partial charge in [0.05, 0.1) is 0 Å². The SMILES string of the molecule is CN(C)C(=O)CCNC(=O)Nc1cc(F)c(N2CCCC2)c(F)c1. The summed E-state index contributed by atoms with van der Waals surface area (Å²) in [6.07, 6.45) is 1.97. The minimum Gasteiger partial charge on any atom is -0.367 e. The van der Waals surface area contributed by atoms with Gasteiger partial charge in [-0.3, -0.25) is 4.79 Å². The number of nitrogens with one attached hydrogen (secondary N) is 2. The van der Waals surface area contributed by atoms with Crippen molar-refractivity contribution in [3.05, 3.63) is 23.8 Å². The molecule has 0 spiro atoms. The maximum atomic E-state index is 14.2. The molecule has 8 heteroatoms. The molecule has 1 aromatic rings. The van der Waals surface area contributed by atoms with Crippen LogP contribution in [0, 0.1) is 11.6 Å². The van der Waals surface area contributed by atoms with Gasteiger partial charge in [-0.15, -0.1) is 0 Å². The first kappa shape index (κ1) is 18.0. The van der Waals surface area contributed by atoms with E-state index in [1.165, 1.54) is 4.90 Å². The molecule has 0 atom stereocenters. The van der Waals surface area contributed by atoms with Gasteiger partial charge < -0.3 is 20.4 Å². The van der Waals surface area contributed by atoms with Crippen molar-refractivity contribution in [3.63, 3.8) is 0 Å². The van der Waals surface area contributed by atoms with E-state index >= 15 is 0 Å². The Kier molecular flexibility index (Phi) is 5.94. The van der Waals surface area contributed by atoms with E-state index in [0.29, 0.717) is 13.1 Å². The summed E-state index contributed by atoms with van der Waals surface area (Å²) in [6.45, 7) is 1.39. The van der Waals surface area contributed by atoms with Crippen LogP contribution in [0.15, 0.2) is 12.1 Å². The predicted molar refractivity (Wildman–Crippen MR) is 88.1 cm³/mol. The second-order valence-electron chi connectivity index (χ2n) is 5.90.